The second-order valence-corrected chi connectivity index (χ2v) is 8.63. The van der Waals surface area contributed by atoms with Gasteiger partial charge in [-0.05, 0) is 48.2 Å². The van der Waals surface area contributed by atoms with E-state index in [2.05, 4.69) is 15.6 Å². The molecule has 0 aliphatic rings. The minimum Gasteiger partial charge on any atom is -0.308 e. The fourth-order valence-corrected chi connectivity index (χ4v) is 4.28. The highest BCUT2D eigenvalue weighted by molar-refractivity contribution is 8.00. The van der Waals surface area contributed by atoms with Gasteiger partial charge in [0.05, 0.1) is 5.69 Å². The van der Waals surface area contributed by atoms with Gasteiger partial charge in [-0.1, -0.05) is 42.5 Å². The van der Waals surface area contributed by atoms with E-state index in [1.54, 1.807) is 17.4 Å². The van der Waals surface area contributed by atoms with Crippen LogP contribution in [0.3, 0.4) is 0 Å². The Hall–Kier alpha value is -3.30. The average molecular weight is 472 g/mol. The van der Waals surface area contributed by atoms with Gasteiger partial charge in [-0.15, -0.1) is 11.3 Å². The third-order valence-electron chi connectivity index (χ3n) is 4.29. The number of urea groups is 1. The molecule has 2 N–H and O–H groups in total. The van der Waals surface area contributed by atoms with Crippen molar-refractivity contribution < 1.29 is 18.0 Å². The molecule has 9 heteroatoms. The summed E-state index contributed by atoms with van der Waals surface area (Å²) in [5.74, 6) is 0. The highest BCUT2D eigenvalue weighted by Crippen LogP contribution is 2.37. The summed E-state index contributed by atoms with van der Waals surface area (Å²) in [4.78, 5) is 17.0. The number of hydrogen-bond donors (Lipinski definition) is 2. The van der Waals surface area contributed by atoms with Gasteiger partial charge in [0, 0.05) is 32.8 Å². The molecular formula is C23H16F3N3OS2. The Labute approximate surface area is 190 Å². The molecule has 1 aromatic heterocycles. The zero-order valence-corrected chi connectivity index (χ0v) is 18.0. The molecule has 1 heterocycles. The highest BCUT2D eigenvalue weighted by atomic mass is 32.2. The van der Waals surface area contributed by atoms with Crippen molar-refractivity contribution in [2.45, 2.75) is 10.4 Å². The van der Waals surface area contributed by atoms with Crippen molar-refractivity contribution in [2.75, 3.05) is 10.6 Å². The Balaban J connectivity index is 1.41. The van der Waals surface area contributed by atoms with Crippen LogP contribution < -0.4 is 10.6 Å². The van der Waals surface area contributed by atoms with Gasteiger partial charge in [0.25, 0.3) is 0 Å². The van der Waals surface area contributed by atoms with Crippen LogP contribution in [0.25, 0.3) is 21.8 Å². The fraction of sp³-hybridized carbons (Fsp3) is 0.0435. The number of anilines is 2. The van der Waals surface area contributed by atoms with Gasteiger partial charge in [-0.25, -0.2) is 9.78 Å². The van der Waals surface area contributed by atoms with Crippen LogP contribution >= 0.6 is 23.1 Å². The molecule has 32 heavy (non-hydrogen) atoms. The van der Waals surface area contributed by atoms with Gasteiger partial charge in [0.1, 0.15) is 5.01 Å². The number of nitrogens with one attached hydrogen (secondary N) is 2. The molecule has 162 valence electrons. The first-order valence-corrected chi connectivity index (χ1v) is 11.1. The molecule has 0 atom stereocenters. The van der Waals surface area contributed by atoms with Crippen molar-refractivity contribution in [3.05, 3.63) is 84.2 Å². The Bertz CT molecular complexity index is 1210. The van der Waals surface area contributed by atoms with Crippen molar-refractivity contribution in [2.24, 2.45) is 0 Å². The van der Waals surface area contributed by atoms with E-state index in [9.17, 15) is 18.0 Å². The first kappa shape index (κ1) is 21.9. The molecule has 0 saturated carbocycles. The molecule has 4 aromatic rings. The number of halogens is 3. The molecule has 4 rings (SSSR count). The molecule has 0 unspecified atom stereocenters. The lowest BCUT2D eigenvalue weighted by atomic mass is 10.1. The van der Waals surface area contributed by atoms with Gasteiger partial charge in [0.15, 0.2) is 0 Å². The van der Waals surface area contributed by atoms with Crippen LogP contribution in [0, 0.1) is 0 Å². The predicted octanol–water partition coefficient (Wildman–Crippen LogP) is 7.73. The summed E-state index contributed by atoms with van der Waals surface area (Å²) < 4.78 is 37.3. The first-order chi connectivity index (χ1) is 15.4. The normalized spacial score (nSPS) is 11.2. The highest BCUT2D eigenvalue weighted by Gasteiger charge is 2.29. The van der Waals surface area contributed by atoms with E-state index >= 15 is 0 Å². The van der Waals surface area contributed by atoms with Gasteiger partial charge in [-0.3, -0.25) is 0 Å². The topological polar surface area (TPSA) is 54.0 Å². The Morgan fingerprint density at radius 3 is 2.25 bits per heavy atom. The van der Waals surface area contributed by atoms with Crippen LogP contribution in [0.2, 0.25) is 0 Å². The minimum absolute atomic E-state index is 0.0503. The third-order valence-corrected chi connectivity index (χ3v) is 5.92. The summed E-state index contributed by atoms with van der Waals surface area (Å²) in [5, 5.41) is 8.21. The van der Waals surface area contributed by atoms with Crippen LogP contribution in [0.1, 0.15) is 0 Å². The van der Waals surface area contributed by atoms with E-state index in [-0.39, 0.29) is 16.7 Å². The van der Waals surface area contributed by atoms with Gasteiger partial charge in [-0.2, -0.15) is 13.2 Å². The van der Waals surface area contributed by atoms with Crippen molar-refractivity contribution in [3.8, 4) is 21.8 Å². The Morgan fingerprint density at radius 1 is 0.844 bits per heavy atom. The number of thiazole rings is 1. The molecule has 0 aliphatic carbocycles. The Morgan fingerprint density at radius 2 is 1.53 bits per heavy atom. The maximum Gasteiger partial charge on any atom is 0.446 e. The number of rotatable bonds is 5. The standard InChI is InChI=1S/C23H16F3N3OS2/c24-23(25,26)32-19-11-9-17(10-12-19)27-22(30)28-18-8-4-7-16(13-18)20-14-31-21(29-20)15-5-2-1-3-6-15/h1-14H,(H2,27,28,30). The number of hydrogen-bond acceptors (Lipinski definition) is 4. The lowest BCUT2D eigenvalue weighted by molar-refractivity contribution is -0.0328. The molecular weight excluding hydrogens is 455 g/mol. The number of carbonyl (C=O) groups is 1. The van der Waals surface area contributed by atoms with E-state index in [1.165, 1.54) is 24.3 Å². The zero-order valence-electron chi connectivity index (χ0n) is 16.4. The predicted molar refractivity (Wildman–Crippen MR) is 124 cm³/mol. The van der Waals surface area contributed by atoms with Gasteiger partial charge in [0.2, 0.25) is 0 Å². The number of benzene rings is 3. The van der Waals surface area contributed by atoms with Crippen molar-refractivity contribution in [1.82, 2.24) is 4.98 Å². The summed E-state index contributed by atoms with van der Waals surface area (Å²) in [6.07, 6.45) is 0. The van der Waals surface area contributed by atoms with E-state index in [4.69, 9.17) is 0 Å². The molecule has 3 aromatic carbocycles. The van der Waals surface area contributed by atoms with Gasteiger partial charge < -0.3 is 10.6 Å². The van der Waals surface area contributed by atoms with Crippen LogP contribution in [0.5, 0.6) is 0 Å². The van der Waals surface area contributed by atoms with E-state index in [0.29, 0.717) is 11.4 Å². The SMILES string of the molecule is O=C(Nc1ccc(SC(F)(F)F)cc1)Nc1cccc(-c2csc(-c3ccccc3)n2)c1. The maximum absolute atomic E-state index is 12.4. The molecule has 0 spiro atoms. The van der Waals surface area contributed by atoms with Crippen LogP contribution in [0.4, 0.5) is 29.3 Å². The average Bonchev–Trinajstić information content (AvgIpc) is 3.25. The summed E-state index contributed by atoms with van der Waals surface area (Å²) in [5.41, 5.74) is -0.700. The number of aromatic nitrogens is 1. The molecule has 0 saturated heterocycles. The first-order valence-electron chi connectivity index (χ1n) is 9.41. The van der Waals surface area contributed by atoms with Gasteiger partial charge >= 0.3 is 11.5 Å². The van der Waals surface area contributed by atoms with Crippen molar-refractivity contribution >= 4 is 40.5 Å². The quantitative estimate of drug-likeness (QED) is 0.293. The summed E-state index contributed by atoms with van der Waals surface area (Å²) in [7, 11) is 0. The van der Waals surface area contributed by atoms with Crippen molar-refractivity contribution in [3.63, 3.8) is 0 Å². The lowest BCUT2D eigenvalue weighted by Crippen LogP contribution is -2.19. The number of amides is 2. The summed E-state index contributed by atoms with van der Waals surface area (Å²) >= 11 is 1.34. The number of alkyl halides is 3. The Kier molecular flexibility index (Phi) is 6.48. The van der Waals surface area contributed by atoms with Crippen LogP contribution in [-0.2, 0) is 0 Å². The van der Waals surface area contributed by atoms with E-state index in [0.717, 1.165) is 21.8 Å². The second kappa shape index (κ2) is 9.46. The van der Waals surface area contributed by atoms with Crippen LogP contribution in [0.15, 0.2) is 89.1 Å². The third kappa shape index (κ3) is 5.89. The monoisotopic (exact) mass is 471 g/mol. The molecule has 0 radical (unpaired) electrons. The number of thioether (sulfide) groups is 1. The second-order valence-electron chi connectivity index (χ2n) is 6.64. The number of carbonyl (C=O) groups excluding carboxylic acids is 1. The molecule has 0 aliphatic heterocycles. The lowest BCUT2D eigenvalue weighted by Gasteiger charge is -2.10. The largest absolute Gasteiger partial charge is 0.446 e. The molecule has 0 fully saturated rings. The summed E-state index contributed by atoms with van der Waals surface area (Å²) in [6, 6.07) is 22.1. The molecule has 2 amide bonds. The van der Waals surface area contributed by atoms with Crippen LogP contribution in [-0.4, -0.2) is 16.5 Å². The zero-order chi connectivity index (χ0) is 22.6. The number of nitrogens with zero attached hydrogens (tertiary/aromatic N) is 1. The maximum atomic E-state index is 12.4. The smallest absolute Gasteiger partial charge is 0.308 e. The fourth-order valence-electron chi connectivity index (χ4n) is 2.91. The van der Waals surface area contributed by atoms with E-state index in [1.807, 2.05) is 53.9 Å². The molecule has 0 bridgehead atoms. The van der Waals surface area contributed by atoms with Crippen molar-refractivity contribution in [1.29, 1.82) is 0 Å². The summed E-state index contributed by atoms with van der Waals surface area (Å²) in [6.45, 7) is 0. The van der Waals surface area contributed by atoms with E-state index < -0.39 is 11.5 Å². The minimum atomic E-state index is -4.35. The molecule has 4 nitrogen and oxygen atoms in total.